The lowest BCUT2D eigenvalue weighted by molar-refractivity contribution is 0.0988. The molecule has 2 aromatic heterocycles. The van der Waals surface area contributed by atoms with E-state index >= 15 is 0 Å². The van der Waals surface area contributed by atoms with E-state index in [0.717, 1.165) is 6.07 Å². The molecule has 7 nitrogen and oxygen atoms in total. The van der Waals surface area contributed by atoms with Gasteiger partial charge in [-0.3, -0.25) is 9.36 Å². The number of nitrogens with zero attached hydrogens (tertiary/aromatic N) is 5. The molecule has 2 N–H and O–H groups in total. The number of nitrogen functional groups attached to an aromatic ring is 1. The number of carbonyl (C=O) groups is 1. The fourth-order valence-electron chi connectivity index (χ4n) is 3.01. The Balaban J connectivity index is 1.83. The molecule has 0 radical (unpaired) electrons. The first-order chi connectivity index (χ1) is 14.5. The van der Waals surface area contributed by atoms with Crippen molar-refractivity contribution in [3.8, 4) is 28.5 Å². The Morgan fingerprint density at radius 1 is 1.17 bits per heavy atom. The van der Waals surface area contributed by atoms with Crippen molar-refractivity contribution in [3.05, 3.63) is 72.2 Å². The molecule has 0 fully saturated rings. The Bertz CT molecular complexity index is 1250. The van der Waals surface area contributed by atoms with Gasteiger partial charge in [0.25, 0.3) is 0 Å². The predicted molar refractivity (Wildman–Crippen MR) is 107 cm³/mol. The third-order valence-electron chi connectivity index (χ3n) is 4.55. The van der Waals surface area contributed by atoms with Crippen LogP contribution in [0.4, 0.5) is 14.6 Å². The summed E-state index contributed by atoms with van der Waals surface area (Å²) in [4.78, 5) is 20.7. The van der Waals surface area contributed by atoms with Crippen LogP contribution in [0.2, 0.25) is 0 Å². The van der Waals surface area contributed by atoms with Crippen LogP contribution in [0.15, 0.2) is 55.0 Å². The maximum Gasteiger partial charge on any atom is 0.190 e. The van der Waals surface area contributed by atoms with E-state index in [0.29, 0.717) is 23.2 Å². The summed E-state index contributed by atoms with van der Waals surface area (Å²) in [5, 5.41) is 7.77. The Labute approximate surface area is 170 Å². The molecule has 0 atom stereocenters. The van der Waals surface area contributed by atoms with Crippen LogP contribution in [0.1, 0.15) is 23.7 Å². The number of benzene rings is 2. The Kier molecular flexibility index (Phi) is 5.01. The maximum atomic E-state index is 14.3. The minimum Gasteiger partial charge on any atom is -0.382 e. The highest BCUT2D eigenvalue weighted by Gasteiger charge is 2.19. The predicted octanol–water partition coefficient (Wildman–Crippen LogP) is 3.84. The first-order valence-corrected chi connectivity index (χ1v) is 9.10. The van der Waals surface area contributed by atoms with Crippen LogP contribution < -0.4 is 5.73 Å². The van der Waals surface area contributed by atoms with Crippen LogP contribution in [0.3, 0.4) is 0 Å². The molecule has 0 aliphatic rings. The van der Waals surface area contributed by atoms with E-state index in [-0.39, 0.29) is 28.8 Å². The van der Waals surface area contributed by atoms with Crippen LogP contribution in [-0.2, 0) is 0 Å². The second-order valence-corrected chi connectivity index (χ2v) is 6.44. The van der Waals surface area contributed by atoms with Gasteiger partial charge in [0.1, 0.15) is 6.33 Å². The molecule has 0 saturated heterocycles. The average Bonchev–Trinajstić information content (AvgIpc) is 3.25. The van der Waals surface area contributed by atoms with Gasteiger partial charge in [-0.1, -0.05) is 31.2 Å². The van der Waals surface area contributed by atoms with Crippen LogP contribution >= 0.6 is 0 Å². The van der Waals surface area contributed by atoms with Crippen molar-refractivity contribution in [1.82, 2.24) is 24.7 Å². The van der Waals surface area contributed by atoms with Gasteiger partial charge in [0, 0.05) is 17.5 Å². The molecule has 0 spiro atoms. The van der Waals surface area contributed by atoms with Crippen LogP contribution in [-0.4, -0.2) is 30.5 Å². The lowest BCUT2D eigenvalue weighted by atomic mass is 10.0. The van der Waals surface area contributed by atoms with Crippen LogP contribution in [0.25, 0.3) is 28.5 Å². The van der Waals surface area contributed by atoms with E-state index < -0.39 is 11.6 Å². The van der Waals surface area contributed by atoms with Crippen LogP contribution in [0.5, 0.6) is 0 Å². The number of hydrogen-bond donors (Lipinski definition) is 1. The lowest BCUT2D eigenvalue weighted by Crippen LogP contribution is -2.06. The van der Waals surface area contributed by atoms with Crippen molar-refractivity contribution in [2.24, 2.45) is 0 Å². The number of aromatic nitrogens is 5. The molecule has 0 unspecified atom stereocenters. The lowest BCUT2D eigenvalue weighted by Gasteiger charge is -2.10. The van der Waals surface area contributed by atoms with Crippen molar-refractivity contribution in [1.29, 1.82) is 0 Å². The molecular weight excluding hydrogens is 390 g/mol. The standard InChI is InChI=1S/C21H16F2N6O/c1-2-17(30)13-6-3-5-12(9-13)15-10-25-20(24)19(27-15)21-28-26-11-29(21)16-8-4-7-14(22)18(16)23/h3-11H,2H2,1H3,(H2,24,25). The number of halogens is 2. The van der Waals surface area contributed by atoms with Crippen molar-refractivity contribution in [2.45, 2.75) is 13.3 Å². The summed E-state index contributed by atoms with van der Waals surface area (Å²) in [6.45, 7) is 1.79. The molecule has 0 aliphatic heterocycles. The van der Waals surface area contributed by atoms with Gasteiger partial charge in [-0.2, -0.15) is 0 Å². The summed E-state index contributed by atoms with van der Waals surface area (Å²) in [6, 6.07) is 10.8. The van der Waals surface area contributed by atoms with Gasteiger partial charge in [-0.25, -0.2) is 18.7 Å². The fraction of sp³-hybridized carbons (Fsp3) is 0.0952. The minimum atomic E-state index is -1.05. The number of anilines is 1. The number of carbonyl (C=O) groups excluding carboxylic acids is 1. The number of Topliss-reactive ketones (excluding diaryl/α,β-unsaturated/α-hetero) is 1. The Morgan fingerprint density at radius 2 is 1.97 bits per heavy atom. The number of hydrogen-bond acceptors (Lipinski definition) is 6. The van der Waals surface area contributed by atoms with E-state index in [4.69, 9.17) is 5.73 Å². The second-order valence-electron chi connectivity index (χ2n) is 6.44. The summed E-state index contributed by atoms with van der Waals surface area (Å²) in [5.74, 6) is -1.90. The summed E-state index contributed by atoms with van der Waals surface area (Å²) < 4.78 is 29.3. The summed E-state index contributed by atoms with van der Waals surface area (Å²) in [7, 11) is 0. The average molecular weight is 406 g/mol. The van der Waals surface area contributed by atoms with Crippen molar-refractivity contribution in [3.63, 3.8) is 0 Å². The summed E-state index contributed by atoms with van der Waals surface area (Å²) in [5.41, 5.74) is 7.72. The second kappa shape index (κ2) is 7.78. The van der Waals surface area contributed by atoms with Gasteiger partial charge >= 0.3 is 0 Å². The van der Waals surface area contributed by atoms with E-state index in [1.165, 1.54) is 29.2 Å². The zero-order valence-electron chi connectivity index (χ0n) is 15.9. The summed E-state index contributed by atoms with van der Waals surface area (Å²) in [6.07, 6.45) is 3.09. The molecule has 9 heteroatoms. The van der Waals surface area contributed by atoms with Crippen molar-refractivity contribution < 1.29 is 13.6 Å². The first kappa shape index (κ1) is 19.3. The number of ketones is 1. The van der Waals surface area contributed by atoms with E-state index in [1.54, 1.807) is 31.2 Å². The zero-order valence-corrected chi connectivity index (χ0v) is 15.9. The fourth-order valence-corrected chi connectivity index (χ4v) is 3.01. The largest absolute Gasteiger partial charge is 0.382 e. The number of nitrogens with two attached hydrogens (primary N) is 1. The molecule has 4 aromatic rings. The summed E-state index contributed by atoms with van der Waals surface area (Å²) >= 11 is 0. The van der Waals surface area contributed by atoms with Gasteiger partial charge in [-0.15, -0.1) is 10.2 Å². The maximum absolute atomic E-state index is 14.3. The van der Waals surface area contributed by atoms with Gasteiger partial charge < -0.3 is 5.73 Å². The zero-order chi connectivity index (χ0) is 21.3. The smallest absolute Gasteiger partial charge is 0.190 e. The normalized spacial score (nSPS) is 10.9. The van der Waals surface area contributed by atoms with Crippen LogP contribution in [0, 0.1) is 11.6 Å². The number of rotatable bonds is 5. The van der Waals surface area contributed by atoms with Gasteiger partial charge in [0.05, 0.1) is 17.6 Å². The molecular formula is C21H16F2N6O. The Morgan fingerprint density at radius 3 is 2.77 bits per heavy atom. The van der Waals surface area contributed by atoms with Gasteiger partial charge in [-0.05, 0) is 18.2 Å². The van der Waals surface area contributed by atoms with Crippen molar-refractivity contribution >= 4 is 11.6 Å². The third kappa shape index (κ3) is 3.41. The van der Waals surface area contributed by atoms with E-state index in [9.17, 15) is 13.6 Å². The van der Waals surface area contributed by atoms with E-state index in [2.05, 4.69) is 20.2 Å². The molecule has 4 rings (SSSR count). The van der Waals surface area contributed by atoms with Gasteiger partial charge in [0.15, 0.2) is 34.8 Å². The molecule has 0 saturated carbocycles. The molecule has 150 valence electrons. The molecule has 0 aliphatic carbocycles. The molecule has 30 heavy (non-hydrogen) atoms. The molecule has 0 bridgehead atoms. The highest BCUT2D eigenvalue weighted by molar-refractivity contribution is 5.96. The van der Waals surface area contributed by atoms with E-state index in [1.807, 2.05) is 0 Å². The topological polar surface area (TPSA) is 99.6 Å². The molecule has 0 amide bonds. The minimum absolute atomic E-state index is 0.00167. The highest BCUT2D eigenvalue weighted by atomic mass is 19.2. The third-order valence-corrected chi connectivity index (χ3v) is 4.55. The molecule has 2 heterocycles. The quantitative estimate of drug-likeness (QED) is 0.506. The SMILES string of the molecule is CCC(=O)c1cccc(-c2cnc(N)c(-c3nncn3-c3cccc(F)c3F)n2)c1. The van der Waals surface area contributed by atoms with Crippen molar-refractivity contribution in [2.75, 3.05) is 5.73 Å². The first-order valence-electron chi connectivity index (χ1n) is 9.10. The monoisotopic (exact) mass is 406 g/mol. The molecule has 2 aromatic carbocycles. The Hall–Kier alpha value is -4.01. The highest BCUT2D eigenvalue weighted by Crippen LogP contribution is 2.28. The van der Waals surface area contributed by atoms with Gasteiger partial charge in [0.2, 0.25) is 0 Å².